The maximum atomic E-state index is 12.1. The number of benzene rings is 1. The van der Waals surface area contributed by atoms with Crippen molar-refractivity contribution in [3.63, 3.8) is 0 Å². The molecule has 0 amide bonds. The zero-order valence-electron chi connectivity index (χ0n) is 14.7. The third kappa shape index (κ3) is 6.13. The van der Waals surface area contributed by atoms with Gasteiger partial charge in [0, 0.05) is 19.1 Å². The molecule has 0 aromatic heterocycles. The van der Waals surface area contributed by atoms with Crippen LogP contribution in [0.15, 0.2) is 34.2 Å². The van der Waals surface area contributed by atoms with E-state index >= 15 is 0 Å². The molecule has 7 heteroatoms. The minimum atomic E-state index is -3.38. The minimum absolute atomic E-state index is 0.119. The minimum Gasteiger partial charge on any atom is -0.357 e. The average molecular weight is 353 g/mol. The third-order valence-electron chi connectivity index (χ3n) is 3.57. The summed E-state index contributed by atoms with van der Waals surface area (Å²) in [6, 6.07) is 7.04. The maximum Gasteiger partial charge on any atom is 0.240 e. The van der Waals surface area contributed by atoms with Gasteiger partial charge >= 0.3 is 0 Å². The van der Waals surface area contributed by atoms with Crippen LogP contribution in [0.3, 0.4) is 0 Å². The summed E-state index contributed by atoms with van der Waals surface area (Å²) in [5.41, 5.74) is 0.974. The van der Waals surface area contributed by atoms with Crippen LogP contribution < -0.4 is 15.4 Å². The number of aliphatic imine (C=N–C) groups is 1. The van der Waals surface area contributed by atoms with Gasteiger partial charge in [-0.1, -0.05) is 26.0 Å². The lowest BCUT2D eigenvalue weighted by Gasteiger charge is -2.13. The van der Waals surface area contributed by atoms with Crippen molar-refractivity contribution in [2.75, 3.05) is 13.1 Å². The maximum absolute atomic E-state index is 12.1. The van der Waals surface area contributed by atoms with Gasteiger partial charge in [0.1, 0.15) is 0 Å². The summed E-state index contributed by atoms with van der Waals surface area (Å²) >= 11 is 0. The summed E-state index contributed by atoms with van der Waals surface area (Å²) in [6.45, 7) is 8.48. The quantitative estimate of drug-likeness (QED) is 0.492. The molecule has 3 N–H and O–H groups in total. The van der Waals surface area contributed by atoms with E-state index in [1.54, 1.807) is 12.1 Å². The first kappa shape index (κ1) is 18.7. The van der Waals surface area contributed by atoms with Gasteiger partial charge in [0.15, 0.2) is 5.96 Å². The first-order valence-corrected chi connectivity index (χ1v) is 10.0. The van der Waals surface area contributed by atoms with E-state index in [1.807, 2.05) is 19.1 Å². The van der Waals surface area contributed by atoms with Crippen molar-refractivity contribution in [2.45, 2.75) is 51.1 Å². The van der Waals surface area contributed by atoms with E-state index in [0.29, 0.717) is 17.4 Å². The van der Waals surface area contributed by atoms with Crippen LogP contribution in [0.25, 0.3) is 0 Å². The highest BCUT2D eigenvalue weighted by atomic mass is 32.2. The smallest absolute Gasteiger partial charge is 0.240 e. The Balaban J connectivity index is 1.97. The fraction of sp³-hybridized carbons (Fsp3) is 0.588. The Morgan fingerprint density at radius 1 is 1.21 bits per heavy atom. The van der Waals surface area contributed by atoms with Gasteiger partial charge in [-0.05, 0) is 43.4 Å². The Morgan fingerprint density at radius 3 is 2.42 bits per heavy atom. The van der Waals surface area contributed by atoms with Crippen LogP contribution in [0.5, 0.6) is 0 Å². The molecule has 0 radical (unpaired) electrons. The Kier molecular flexibility index (Phi) is 6.62. The average Bonchev–Trinajstić information content (AvgIpc) is 3.33. The molecule has 0 atom stereocenters. The van der Waals surface area contributed by atoms with Crippen molar-refractivity contribution in [3.05, 3.63) is 29.8 Å². The molecule has 6 nitrogen and oxygen atoms in total. The summed E-state index contributed by atoms with van der Waals surface area (Å²) in [5.74, 6) is 1.32. The van der Waals surface area contributed by atoms with Crippen molar-refractivity contribution in [3.8, 4) is 0 Å². The second kappa shape index (κ2) is 8.48. The molecule has 0 saturated heterocycles. The first-order chi connectivity index (χ1) is 11.4. The number of sulfonamides is 1. The summed E-state index contributed by atoms with van der Waals surface area (Å²) in [4.78, 5) is 4.85. The van der Waals surface area contributed by atoms with E-state index in [2.05, 4.69) is 34.2 Å². The summed E-state index contributed by atoms with van der Waals surface area (Å²) in [6.07, 6.45) is 1.87. The highest BCUT2D eigenvalue weighted by molar-refractivity contribution is 7.89. The molecule has 1 aromatic carbocycles. The second-order valence-corrected chi connectivity index (χ2v) is 8.22. The van der Waals surface area contributed by atoms with Crippen molar-refractivity contribution >= 4 is 16.0 Å². The normalized spacial score (nSPS) is 15.6. The summed E-state index contributed by atoms with van der Waals surface area (Å²) < 4.78 is 27.0. The molecule has 0 unspecified atom stereocenters. The molecule has 0 aliphatic heterocycles. The largest absolute Gasteiger partial charge is 0.357 e. The van der Waals surface area contributed by atoms with Crippen molar-refractivity contribution in [1.82, 2.24) is 15.4 Å². The number of nitrogens with one attached hydrogen (secondary N) is 3. The lowest BCUT2D eigenvalue weighted by Crippen LogP contribution is -2.39. The highest BCUT2D eigenvalue weighted by Crippen LogP contribution is 2.22. The van der Waals surface area contributed by atoms with E-state index in [9.17, 15) is 8.42 Å². The topological polar surface area (TPSA) is 82.6 Å². The van der Waals surface area contributed by atoms with Crippen LogP contribution in [0.2, 0.25) is 0 Å². The van der Waals surface area contributed by atoms with Crippen LogP contribution in [0, 0.1) is 5.92 Å². The third-order valence-corrected chi connectivity index (χ3v) is 5.11. The number of hydrogen-bond donors (Lipinski definition) is 3. The molecule has 0 bridgehead atoms. The van der Waals surface area contributed by atoms with Gasteiger partial charge in [-0.2, -0.15) is 0 Å². The van der Waals surface area contributed by atoms with Crippen molar-refractivity contribution in [1.29, 1.82) is 0 Å². The Morgan fingerprint density at radius 2 is 1.88 bits per heavy atom. The Bertz CT molecular complexity index is 650. The first-order valence-electron chi connectivity index (χ1n) is 8.54. The molecular weight excluding hydrogens is 324 g/mol. The SMILES string of the molecule is CCNC(=NCc1ccc(S(=O)(=O)NC2CC2)cc1)NCC(C)C. The van der Waals surface area contributed by atoms with E-state index in [4.69, 9.17) is 0 Å². The fourth-order valence-electron chi connectivity index (χ4n) is 2.08. The lowest BCUT2D eigenvalue weighted by atomic mass is 10.2. The molecule has 134 valence electrons. The van der Waals surface area contributed by atoms with Gasteiger partial charge in [-0.25, -0.2) is 18.1 Å². The van der Waals surface area contributed by atoms with Gasteiger partial charge in [-0.3, -0.25) is 0 Å². The predicted octanol–water partition coefficient (Wildman–Crippen LogP) is 1.84. The van der Waals surface area contributed by atoms with Crippen LogP contribution in [-0.4, -0.2) is 33.5 Å². The molecule has 1 aromatic rings. The fourth-order valence-corrected chi connectivity index (χ4v) is 3.38. The lowest BCUT2D eigenvalue weighted by molar-refractivity contribution is 0.581. The summed E-state index contributed by atoms with van der Waals surface area (Å²) in [5, 5.41) is 6.49. The Labute approximate surface area is 145 Å². The molecule has 1 fully saturated rings. The van der Waals surface area contributed by atoms with Gasteiger partial charge in [0.25, 0.3) is 0 Å². The van der Waals surface area contributed by atoms with Crippen molar-refractivity contribution in [2.24, 2.45) is 10.9 Å². The Hall–Kier alpha value is -1.60. The van der Waals surface area contributed by atoms with Gasteiger partial charge in [0.2, 0.25) is 10.0 Å². The predicted molar refractivity (Wildman–Crippen MR) is 97.4 cm³/mol. The van der Waals surface area contributed by atoms with Gasteiger partial charge in [-0.15, -0.1) is 0 Å². The van der Waals surface area contributed by atoms with Crippen LogP contribution in [0.4, 0.5) is 0 Å². The van der Waals surface area contributed by atoms with Gasteiger partial charge < -0.3 is 10.6 Å². The molecule has 1 saturated carbocycles. The van der Waals surface area contributed by atoms with E-state index in [1.165, 1.54) is 0 Å². The molecule has 24 heavy (non-hydrogen) atoms. The monoisotopic (exact) mass is 352 g/mol. The zero-order chi connectivity index (χ0) is 17.6. The van der Waals surface area contributed by atoms with Crippen LogP contribution in [0.1, 0.15) is 39.2 Å². The van der Waals surface area contributed by atoms with E-state index in [-0.39, 0.29) is 6.04 Å². The molecule has 1 aliphatic rings. The molecule has 0 heterocycles. The van der Waals surface area contributed by atoms with E-state index in [0.717, 1.165) is 37.5 Å². The highest BCUT2D eigenvalue weighted by Gasteiger charge is 2.27. The molecular formula is C17H28N4O2S. The zero-order valence-corrected chi connectivity index (χ0v) is 15.5. The van der Waals surface area contributed by atoms with Crippen molar-refractivity contribution < 1.29 is 8.42 Å². The molecule has 0 spiro atoms. The second-order valence-electron chi connectivity index (χ2n) is 6.51. The number of hydrogen-bond acceptors (Lipinski definition) is 3. The van der Waals surface area contributed by atoms with Crippen LogP contribution >= 0.6 is 0 Å². The van der Waals surface area contributed by atoms with E-state index < -0.39 is 10.0 Å². The number of guanidine groups is 1. The number of rotatable bonds is 8. The standard InChI is InChI=1S/C17H28N4O2S/c1-4-18-17(19-11-13(2)3)20-12-14-5-9-16(10-6-14)24(22,23)21-15-7-8-15/h5-6,9-10,13,15,21H,4,7-8,11-12H2,1-3H3,(H2,18,19,20). The molecule has 1 aliphatic carbocycles. The van der Waals surface area contributed by atoms with Gasteiger partial charge in [0.05, 0.1) is 11.4 Å². The molecule has 2 rings (SSSR count). The number of nitrogens with zero attached hydrogens (tertiary/aromatic N) is 1. The van der Waals surface area contributed by atoms with Crippen LogP contribution in [-0.2, 0) is 16.6 Å². The summed E-state index contributed by atoms with van der Waals surface area (Å²) in [7, 11) is -3.38.